The number of sulfonamides is 1. The summed E-state index contributed by atoms with van der Waals surface area (Å²) in [5.74, 6) is -0.558. The summed E-state index contributed by atoms with van der Waals surface area (Å²) in [6, 6.07) is 17.5. The van der Waals surface area contributed by atoms with Gasteiger partial charge in [-0.05, 0) is 49.2 Å². The average molecular weight is 437 g/mol. The Labute approximate surface area is 179 Å². The van der Waals surface area contributed by atoms with Gasteiger partial charge >= 0.3 is 0 Å². The maximum atomic E-state index is 13.2. The molecule has 0 saturated carbocycles. The molecule has 0 radical (unpaired) electrons. The number of nitro benzene ring substituents is 1. The minimum Gasteiger partial charge on any atom is -0.322 e. The lowest BCUT2D eigenvalue weighted by molar-refractivity contribution is -0.385. The first-order chi connectivity index (χ1) is 14.8. The number of benzene rings is 3. The monoisotopic (exact) mass is 437 g/mol. The van der Waals surface area contributed by atoms with Gasteiger partial charge in [0, 0.05) is 29.4 Å². The molecule has 1 aliphatic rings. The Morgan fingerprint density at radius 2 is 1.84 bits per heavy atom. The first-order valence-electron chi connectivity index (χ1n) is 9.54. The van der Waals surface area contributed by atoms with E-state index in [2.05, 4.69) is 5.32 Å². The molecule has 1 N–H and O–H groups in total. The minimum absolute atomic E-state index is 0.00624. The van der Waals surface area contributed by atoms with Crippen molar-refractivity contribution in [3.63, 3.8) is 0 Å². The molecule has 0 spiro atoms. The first-order valence-corrected chi connectivity index (χ1v) is 11.0. The Morgan fingerprint density at radius 1 is 1.06 bits per heavy atom. The van der Waals surface area contributed by atoms with Crippen molar-refractivity contribution in [2.24, 2.45) is 0 Å². The van der Waals surface area contributed by atoms with Crippen molar-refractivity contribution >= 4 is 33.0 Å². The standard InChI is InChI=1S/C22H19N3O5S/c1-15-9-10-18(14-21(15)25(27)28)23-22(26)17-6-4-7-19(13-17)31(29,30)24-12-11-16-5-2-3-8-20(16)24/h2-10,13-14H,11-12H2,1H3,(H,23,26). The fraction of sp³-hybridized carbons (Fsp3) is 0.136. The van der Waals surface area contributed by atoms with E-state index in [1.54, 1.807) is 31.2 Å². The summed E-state index contributed by atoms with van der Waals surface area (Å²) in [7, 11) is -3.84. The van der Waals surface area contributed by atoms with E-state index < -0.39 is 20.9 Å². The summed E-state index contributed by atoms with van der Waals surface area (Å²) in [5, 5.41) is 13.7. The Kier molecular flexibility index (Phi) is 5.20. The zero-order chi connectivity index (χ0) is 22.2. The van der Waals surface area contributed by atoms with Gasteiger partial charge in [0.25, 0.3) is 21.6 Å². The fourth-order valence-corrected chi connectivity index (χ4v) is 5.12. The number of carbonyl (C=O) groups excluding carboxylic acids is 1. The van der Waals surface area contributed by atoms with E-state index in [4.69, 9.17) is 0 Å². The van der Waals surface area contributed by atoms with Gasteiger partial charge in [0.1, 0.15) is 0 Å². The van der Waals surface area contributed by atoms with Crippen LogP contribution in [-0.4, -0.2) is 25.8 Å². The van der Waals surface area contributed by atoms with Crippen molar-refractivity contribution in [3.8, 4) is 0 Å². The van der Waals surface area contributed by atoms with Crippen molar-refractivity contribution in [1.29, 1.82) is 0 Å². The van der Waals surface area contributed by atoms with Crippen LogP contribution >= 0.6 is 0 Å². The number of carbonyl (C=O) groups is 1. The SMILES string of the molecule is Cc1ccc(NC(=O)c2cccc(S(=O)(=O)N3CCc4ccccc43)c2)cc1[N+](=O)[O-]. The summed E-state index contributed by atoms with van der Waals surface area (Å²) >= 11 is 0. The number of aryl methyl sites for hydroxylation is 1. The summed E-state index contributed by atoms with van der Waals surface area (Å²) in [6.07, 6.45) is 0.627. The average Bonchev–Trinajstić information content (AvgIpc) is 3.20. The van der Waals surface area contributed by atoms with Crippen LogP contribution in [0, 0.1) is 17.0 Å². The van der Waals surface area contributed by atoms with Gasteiger partial charge in [-0.2, -0.15) is 0 Å². The lowest BCUT2D eigenvalue weighted by Crippen LogP contribution is -2.29. The number of hydrogen-bond donors (Lipinski definition) is 1. The molecule has 0 aromatic heterocycles. The fourth-order valence-electron chi connectivity index (χ4n) is 3.57. The predicted octanol–water partition coefficient (Wildman–Crippen LogP) is 3.91. The molecule has 0 aliphatic carbocycles. The van der Waals surface area contributed by atoms with Gasteiger partial charge in [-0.3, -0.25) is 19.2 Å². The lowest BCUT2D eigenvalue weighted by Gasteiger charge is -2.20. The van der Waals surface area contributed by atoms with Crippen molar-refractivity contribution < 1.29 is 18.1 Å². The van der Waals surface area contributed by atoms with E-state index in [0.717, 1.165) is 5.56 Å². The summed E-state index contributed by atoms with van der Waals surface area (Å²) in [6.45, 7) is 1.94. The van der Waals surface area contributed by atoms with Crippen LogP contribution in [-0.2, 0) is 16.4 Å². The molecule has 0 bridgehead atoms. The number of para-hydroxylation sites is 1. The topological polar surface area (TPSA) is 110 Å². The van der Waals surface area contributed by atoms with E-state index in [-0.39, 0.29) is 21.8 Å². The Hall–Kier alpha value is -3.72. The smallest absolute Gasteiger partial charge is 0.274 e. The Bertz CT molecular complexity index is 1300. The van der Waals surface area contributed by atoms with Crippen LogP contribution in [0.1, 0.15) is 21.5 Å². The number of rotatable bonds is 5. The van der Waals surface area contributed by atoms with Gasteiger partial charge in [-0.25, -0.2) is 8.42 Å². The molecule has 1 amide bonds. The van der Waals surface area contributed by atoms with Gasteiger partial charge in [0.05, 0.1) is 15.5 Å². The molecule has 1 heterocycles. The molecule has 8 nitrogen and oxygen atoms in total. The van der Waals surface area contributed by atoms with E-state index in [1.807, 2.05) is 12.1 Å². The van der Waals surface area contributed by atoms with Crippen LogP contribution < -0.4 is 9.62 Å². The normalized spacial score (nSPS) is 13.0. The third-order valence-corrected chi connectivity index (χ3v) is 7.00. The van der Waals surface area contributed by atoms with Crippen LogP contribution in [0.15, 0.2) is 71.6 Å². The maximum Gasteiger partial charge on any atom is 0.274 e. The van der Waals surface area contributed by atoms with Crippen LogP contribution in [0.4, 0.5) is 17.1 Å². The third-order valence-electron chi connectivity index (χ3n) is 5.19. The van der Waals surface area contributed by atoms with E-state index in [9.17, 15) is 23.3 Å². The number of nitrogens with zero attached hydrogens (tertiary/aromatic N) is 2. The van der Waals surface area contributed by atoms with Crippen molar-refractivity contribution in [2.75, 3.05) is 16.2 Å². The van der Waals surface area contributed by atoms with Crippen molar-refractivity contribution in [3.05, 3.63) is 93.5 Å². The highest BCUT2D eigenvalue weighted by Crippen LogP contribution is 2.33. The van der Waals surface area contributed by atoms with Crippen LogP contribution in [0.25, 0.3) is 0 Å². The summed E-state index contributed by atoms with van der Waals surface area (Å²) in [5.41, 5.74) is 2.36. The zero-order valence-corrected chi connectivity index (χ0v) is 17.4. The van der Waals surface area contributed by atoms with Crippen LogP contribution in [0.5, 0.6) is 0 Å². The molecule has 0 atom stereocenters. The zero-order valence-electron chi connectivity index (χ0n) is 16.6. The second kappa shape index (κ2) is 7.84. The molecule has 3 aromatic rings. The highest BCUT2D eigenvalue weighted by atomic mass is 32.2. The number of amides is 1. The van der Waals surface area contributed by atoms with Gasteiger partial charge in [-0.1, -0.05) is 30.3 Å². The van der Waals surface area contributed by atoms with Gasteiger partial charge in [0.15, 0.2) is 0 Å². The molecule has 0 fully saturated rings. The second-order valence-corrected chi connectivity index (χ2v) is 9.06. The number of nitrogens with one attached hydrogen (secondary N) is 1. The second-order valence-electron chi connectivity index (χ2n) is 7.20. The number of anilines is 2. The molecule has 9 heteroatoms. The Morgan fingerprint density at radius 3 is 2.61 bits per heavy atom. The first kappa shape index (κ1) is 20.5. The van der Waals surface area contributed by atoms with E-state index in [0.29, 0.717) is 24.2 Å². The molecular formula is C22H19N3O5S. The summed E-state index contributed by atoms with van der Waals surface area (Å²) < 4.78 is 27.8. The molecule has 0 saturated heterocycles. The largest absolute Gasteiger partial charge is 0.322 e. The number of fused-ring (bicyclic) bond motifs is 1. The molecular weight excluding hydrogens is 418 g/mol. The molecule has 3 aromatic carbocycles. The van der Waals surface area contributed by atoms with Gasteiger partial charge in [0.2, 0.25) is 0 Å². The van der Waals surface area contributed by atoms with Crippen LogP contribution in [0.3, 0.4) is 0 Å². The number of hydrogen-bond acceptors (Lipinski definition) is 5. The minimum atomic E-state index is -3.84. The van der Waals surface area contributed by atoms with Crippen molar-refractivity contribution in [2.45, 2.75) is 18.2 Å². The summed E-state index contributed by atoms with van der Waals surface area (Å²) in [4.78, 5) is 23.3. The van der Waals surface area contributed by atoms with E-state index >= 15 is 0 Å². The maximum absolute atomic E-state index is 13.2. The highest BCUT2D eigenvalue weighted by molar-refractivity contribution is 7.92. The molecule has 4 rings (SSSR count). The molecule has 158 valence electrons. The molecule has 0 unspecified atom stereocenters. The lowest BCUT2D eigenvalue weighted by atomic mass is 10.1. The third kappa shape index (κ3) is 3.87. The predicted molar refractivity (Wildman–Crippen MR) is 117 cm³/mol. The van der Waals surface area contributed by atoms with Gasteiger partial charge in [-0.15, -0.1) is 0 Å². The molecule has 1 aliphatic heterocycles. The highest BCUT2D eigenvalue weighted by Gasteiger charge is 2.31. The quantitative estimate of drug-likeness (QED) is 0.481. The van der Waals surface area contributed by atoms with E-state index in [1.165, 1.54) is 34.6 Å². The van der Waals surface area contributed by atoms with Crippen molar-refractivity contribution in [1.82, 2.24) is 0 Å². The Balaban J connectivity index is 1.61. The number of nitro groups is 1. The van der Waals surface area contributed by atoms with Gasteiger partial charge < -0.3 is 5.32 Å². The molecule has 31 heavy (non-hydrogen) atoms. The van der Waals surface area contributed by atoms with Crippen LogP contribution in [0.2, 0.25) is 0 Å².